The zero-order valence-electron chi connectivity index (χ0n) is 8.80. The molecule has 0 radical (unpaired) electrons. The molecule has 1 N–H and O–H groups in total. The van der Waals surface area contributed by atoms with Gasteiger partial charge >= 0.3 is 0 Å². The molecule has 80 valence electrons. The van der Waals surface area contributed by atoms with E-state index in [2.05, 4.69) is 20.3 Å². The Bertz CT molecular complexity index is 330. The molecule has 2 aliphatic rings. The van der Waals surface area contributed by atoms with Crippen molar-refractivity contribution in [2.75, 3.05) is 27.8 Å². The Kier molecular flexibility index (Phi) is 2.32. The Balaban J connectivity index is 2.49. The Morgan fingerprint density at radius 1 is 1.43 bits per heavy atom. The van der Waals surface area contributed by atoms with E-state index in [0.717, 1.165) is 12.5 Å². The average Bonchev–Trinajstić information content (AvgIpc) is 2.12. The molecule has 2 bridgehead atoms. The van der Waals surface area contributed by atoms with Gasteiger partial charge in [-0.25, -0.2) is 10.2 Å². The molecular weight excluding hydrogens is 219 g/mol. The van der Waals surface area contributed by atoms with Gasteiger partial charge in [-0.05, 0) is 18.7 Å². The van der Waals surface area contributed by atoms with Gasteiger partial charge in [0.15, 0.2) is 0 Å². The van der Waals surface area contributed by atoms with E-state index >= 15 is 0 Å². The fraction of sp³-hybridized carbons (Fsp3) is 0.833. The number of hydrogen-bond acceptors (Lipinski definition) is 4. The van der Waals surface area contributed by atoms with E-state index in [1.807, 2.05) is 37.6 Å². The van der Waals surface area contributed by atoms with Crippen LogP contribution >= 0.6 is 6.49 Å². The summed E-state index contributed by atoms with van der Waals surface area (Å²) in [5.41, 5.74) is 3.26. The van der Waals surface area contributed by atoms with Crippen LogP contribution in [0.4, 0.5) is 0 Å². The number of rotatable bonds is 0. The molecule has 1 atom stereocenters. The van der Waals surface area contributed by atoms with Gasteiger partial charge in [0, 0.05) is 21.1 Å². The highest BCUT2D eigenvalue weighted by atomic mass is 32.4. The Morgan fingerprint density at radius 2 is 2.07 bits per heavy atom. The third-order valence-electron chi connectivity index (χ3n) is 2.61. The van der Waals surface area contributed by atoms with Gasteiger partial charge in [0.25, 0.3) is 0 Å². The maximum atomic E-state index is 5.68. The summed E-state index contributed by atoms with van der Waals surface area (Å²) in [5, 5.41) is 6.51. The molecule has 0 aliphatic carbocycles. The topological polar surface area (TPSA) is 37.4 Å². The van der Waals surface area contributed by atoms with Gasteiger partial charge in [-0.1, -0.05) is 0 Å². The number of fused-ring (bicyclic) bond motifs is 2. The number of amidine groups is 1. The van der Waals surface area contributed by atoms with Crippen LogP contribution in [0.25, 0.3) is 0 Å². The normalized spacial score (nSPS) is 34.7. The first kappa shape index (κ1) is 10.3. The van der Waals surface area contributed by atoms with Gasteiger partial charge in [-0.3, -0.25) is 5.01 Å². The van der Waals surface area contributed by atoms with Crippen molar-refractivity contribution >= 4 is 24.1 Å². The number of hydrazine groups is 2. The molecular formula is C6H15N6PS. The standard InChI is InChI=1S/C6H15N6PS/c1-6-8-10(3)13(14)9(2)7-5-12(6)11(13)4/h7H,5H2,1-4H3. The Morgan fingerprint density at radius 3 is 2.71 bits per heavy atom. The summed E-state index contributed by atoms with van der Waals surface area (Å²) in [6, 6.07) is 0. The molecule has 0 aromatic carbocycles. The quantitative estimate of drug-likeness (QED) is 0.597. The molecule has 2 heterocycles. The molecule has 0 aromatic heterocycles. The van der Waals surface area contributed by atoms with Gasteiger partial charge in [-0.15, -0.1) is 0 Å². The van der Waals surface area contributed by atoms with Gasteiger partial charge in [0.2, 0.25) is 6.49 Å². The summed E-state index contributed by atoms with van der Waals surface area (Å²) >= 11 is 5.68. The molecule has 8 heteroatoms. The largest absolute Gasteiger partial charge is 0.270 e. The minimum atomic E-state index is -1.91. The SMILES string of the molecule is CC1=NN(C)P2(=S)N(C)NCN1N2C. The summed E-state index contributed by atoms with van der Waals surface area (Å²) in [6.07, 6.45) is 0. The summed E-state index contributed by atoms with van der Waals surface area (Å²) in [5.74, 6) is 0.969. The van der Waals surface area contributed by atoms with Crippen molar-refractivity contribution in [3.05, 3.63) is 0 Å². The first-order chi connectivity index (χ1) is 6.48. The van der Waals surface area contributed by atoms with Crippen molar-refractivity contribution in [3.63, 3.8) is 0 Å². The maximum absolute atomic E-state index is 5.68. The molecule has 0 amide bonds. The molecule has 1 saturated heterocycles. The number of nitrogens with zero attached hydrogens (tertiary/aromatic N) is 5. The molecule has 0 spiro atoms. The average molecular weight is 234 g/mol. The second-order valence-electron chi connectivity index (χ2n) is 3.38. The van der Waals surface area contributed by atoms with Crippen LogP contribution in [0.2, 0.25) is 0 Å². The summed E-state index contributed by atoms with van der Waals surface area (Å²) < 4.78 is 6.00. The minimum Gasteiger partial charge on any atom is -0.270 e. The van der Waals surface area contributed by atoms with Gasteiger partial charge in [0.05, 0.1) is 6.67 Å². The highest BCUT2D eigenvalue weighted by molar-refractivity contribution is 8.11. The lowest BCUT2D eigenvalue weighted by Crippen LogP contribution is -2.61. The van der Waals surface area contributed by atoms with E-state index in [1.165, 1.54) is 0 Å². The van der Waals surface area contributed by atoms with Crippen LogP contribution in [-0.4, -0.2) is 53.0 Å². The summed E-state index contributed by atoms with van der Waals surface area (Å²) in [6.45, 7) is 0.802. The predicted molar refractivity (Wildman–Crippen MR) is 60.5 cm³/mol. The van der Waals surface area contributed by atoms with Crippen molar-refractivity contribution < 1.29 is 0 Å². The van der Waals surface area contributed by atoms with Crippen molar-refractivity contribution in [2.24, 2.45) is 5.10 Å². The lowest BCUT2D eigenvalue weighted by molar-refractivity contribution is 0.0753. The molecule has 0 saturated carbocycles. The van der Waals surface area contributed by atoms with Crippen molar-refractivity contribution in [1.82, 2.24) is 24.8 Å². The Hall–Kier alpha value is -0.200. The zero-order chi connectivity index (χ0) is 10.5. The lowest BCUT2D eigenvalue weighted by Gasteiger charge is -2.54. The lowest BCUT2D eigenvalue weighted by atomic mass is 10.6. The van der Waals surface area contributed by atoms with Crippen LogP contribution in [0.1, 0.15) is 6.92 Å². The first-order valence-corrected chi connectivity index (χ1v) is 7.03. The monoisotopic (exact) mass is 234 g/mol. The van der Waals surface area contributed by atoms with Crippen LogP contribution in [-0.2, 0) is 11.8 Å². The second kappa shape index (κ2) is 3.15. The van der Waals surface area contributed by atoms with Gasteiger partial charge in [-0.2, -0.15) is 14.7 Å². The van der Waals surface area contributed by atoms with Crippen LogP contribution in [0.15, 0.2) is 5.10 Å². The van der Waals surface area contributed by atoms with E-state index < -0.39 is 6.49 Å². The highest BCUT2D eigenvalue weighted by Crippen LogP contribution is 2.57. The number of hydrazone groups is 1. The smallest absolute Gasteiger partial charge is 0.215 e. The fourth-order valence-electron chi connectivity index (χ4n) is 1.72. The van der Waals surface area contributed by atoms with Crippen LogP contribution in [0.5, 0.6) is 0 Å². The first-order valence-electron chi connectivity index (χ1n) is 4.36. The van der Waals surface area contributed by atoms with Crippen LogP contribution in [0.3, 0.4) is 0 Å². The van der Waals surface area contributed by atoms with Gasteiger partial charge in [0.1, 0.15) is 5.84 Å². The fourth-order valence-corrected chi connectivity index (χ4v) is 4.39. The van der Waals surface area contributed by atoms with E-state index in [0.29, 0.717) is 0 Å². The molecule has 1 fully saturated rings. The highest BCUT2D eigenvalue weighted by Gasteiger charge is 2.43. The third-order valence-corrected chi connectivity index (χ3v) is 7.50. The summed E-state index contributed by atoms with van der Waals surface area (Å²) in [4.78, 5) is 0. The molecule has 1 unspecified atom stereocenters. The van der Waals surface area contributed by atoms with Crippen molar-refractivity contribution in [3.8, 4) is 0 Å². The van der Waals surface area contributed by atoms with E-state index in [4.69, 9.17) is 11.8 Å². The molecule has 14 heavy (non-hydrogen) atoms. The van der Waals surface area contributed by atoms with Gasteiger partial charge < -0.3 is 0 Å². The second-order valence-corrected chi connectivity index (χ2v) is 7.63. The Labute approximate surface area is 89.2 Å². The maximum Gasteiger partial charge on any atom is 0.215 e. The number of nitrogens with one attached hydrogen (secondary N) is 1. The van der Waals surface area contributed by atoms with Crippen molar-refractivity contribution in [1.29, 1.82) is 0 Å². The predicted octanol–water partition coefficient (Wildman–Crippen LogP) is 0.0460. The molecule has 0 aromatic rings. The van der Waals surface area contributed by atoms with Crippen LogP contribution < -0.4 is 5.43 Å². The molecule has 2 rings (SSSR count). The molecule has 6 nitrogen and oxygen atoms in total. The van der Waals surface area contributed by atoms with E-state index in [1.54, 1.807) is 0 Å². The molecule has 2 aliphatic heterocycles. The number of hydrogen-bond donors (Lipinski definition) is 1. The van der Waals surface area contributed by atoms with E-state index in [9.17, 15) is 0 Å². The van der Waals surface area contributed by atoms with Crippen molar-refractivity contribution in [2.45, 2.75) is 6.92 Å². The van der Waals surface area contributed by atoms with E-state index in [-0.39, 0.29) is 0 Å². The summed E-state index contributed by atoms with van der Waals surface area (Å²) in [7, 11) is 5.93. The van der Waals surface area contributed by atoms with Crippen LogP contribution in [0, 0.1) is 0 Å². The minimum absolute atomic E-state index is 0.731. The zero-order valence-corrected chi connectivity index (χ0v) is 10.5. The third kappa shape index (κ3) is 1.14.